The molecule has 1 saturated heterocycles. The summed E-state index contributed by atoms with van der Waals surface area (Å²) in [5, 5.41) is 5.12. The first-order valence-corrected chi connectivity index (χ1v) is 10.2. The fraction of sp³-hybridized carbons (Fsp3) is 0.529. The van der Waals surface area contributed by atoms with Crippen LogP contribution < -0.4 is 5.14 Å². The number of para-hydroxylation sites is 2. The highest BCUT2D eigenvalue weighted by molar-refractivity contribution is 7.89. The van der Waals surface area contributed by atoms with Gasteiger partial charge < -0.3 is 9.47 Å². The maximum absolute atomic E-state index is 12.7. The number of fused-ring (bicyclic) bond motifs is 1. The van der Waals surface area contributed by atoms with Gasteiger partial charge in [0.15, 0.2) is 0 Å². The van der Waals surface area contributed by atoms with Crippen LogP contribution in [0.1, 0.15) is 32.0 Å². The molecule has 1 aliphatic heterocycles. The highest BCUT2D eigenvalue weighted by Crippen LogP contribution is 2.23. The molecule has 2 heterocycles. The van der Waals surface area contributed by atoms with E-state index in [1.807, 2.05) is 28.8 Å². The zero-order chi connectivity index (χ0) is 18.2. The SMILES string of the molecule is CC(C)c1nc2ccccc2n1CC(=O)N1CC[C@@H](CS(N)(=O)=O)C1. The summed E-state index contributed by atoms with van der Waals surface area (Å²) in [4.78, 5) is 19.1. The lowest BCUT2D eigenvalue weighted by Gasteiger charge is -2.18. The summed E-state index contributed by atoms with van der Waals surface area (Å²) in [7, 11) is -3.51. The van der Waals surface area contributed by atoms with E-state index in [1.54, 1.807) is 4.90 Å². The van der Waals surface area contributed by atoms with Crippen LogP contribution in [-0.2, 0) is 21.4 Å². The monoisotopic (exact) mass is 364 g/mol. The molecule has 7 nitrogen and oxygen atoms in total. The molecule has 0 unspecified atom stereocenters. The summed E-state index contributed by atoms with van der Waals surface area (Å²) in [5.41, 5.74) is 1.83. The fourth-order valence-corrected chi connectivity index (χ4v) is 4.39. The van der Waals surface area contributed by atoms with Gasteiger partial charge in [-0.2, -0.15) is 0 Å². The molecule has 2 N–H and O–H groups in total. The third-order valence-corrected chi connectivity index (χ3v) is 5.54. The third-order valence-electron chi connectivity index (χ3n) is 4.60. The van der Waals surface area contributed by atoms with E-state index in [2.05, 4.69) is 18.8 Å². The summed E-state index contributed by atoms with van der Waals surface area (Å²) in [6, 6.07) is 7.78. The molecule has 2 aromatic rings. The Labute approximate surface area is 147 Å². The number of hydrogen-bond donors (Lipinski definition) is 1. The van der Waals surface area contributed by atoms with E-state index in [9.17, 15) is 13.2 Å². The second kappa shape index (κ2) is 6.76. The van der Waals surface area contributed by atoms with E-state index < -0.39 is 10.0 Å². The Kier molecular flexibility index (Phi) is 4.83. The van der Waals surface area contributed by atoms with Crippen LogP contribution in [0.4, 0.5) is 0 Å². The molecule has 0 saturated carbocycles. The molecule has 0 radical (unpaired) electrons. The summed E-state index contributed by atoms with van der Waals surface area (Å²) in [5.74, 6) is 0.927. The number of carbonyl (C=O) groups excluding carboxylic acids is 1. The van der Waals surface area contributed by atoms with Gasteiger partial charge in [0.25, 0.3) is 0 Å². The molecule has 8 heteroatoms. The van der Waals surface area contributed by atoms with Crippen molar-refractivity contribution in [2.24, 2.45) is 11.1 Å². The Balaban J connectivity index is 1.78. The van der Waals surface area contributed by atoms with Gasteiger partial charge in [0.05, 0.1) is 16.8 Å². The molecule has 136 valence electrons. The summed E-state index contributed by atoms with van der Waals surface area (Å²) in [6.07, 6.45) is 0.671. The first-order chi connectivity index (χ1) is 11.7. The van der Waals surface area contributed by atoms with E-state index in [0.717, 1.165) is 16.9 Å². The average molecular weight is 364 g/mol. The Morgan fingerprint density at radius 2 is 2.08 bits per heavy atom. The van der Waals surface area contributed by atoms with Gasteiger partial charge in [0.1, 0.15) is 12.4 Å². The van der Waals surface area contributed by atoms with Crippen molar-refractivity contribution in [1.29, 1.82) is 0 Å². The van der Waals surface area contributed by atoms with Gasteiger partial charge in [-0.25, -0.2) is 18.5 Å². The maximum atomic E-state index is 12.7. The largest absolute Gasteiger partial charge is 0.341 e. The van der Waals surface area contributed by atoms with Gasteiger partial charge in [0.2, 0.25) is 15.9 Å². The molecule has 0 aliphatic carbocycles. The van der Waals surface area contributed by atoms with Crippen molar-refractivity contribution >= 4 is 27.0 Å². The number of hydrogen-bond acceptors (Lipinski definition) is 4. The highest BCUT2D eigenvalue weighted by Gasteiger charge is 2.29. The molecule has 1 aromatic heterocycles. The highest BCUT2D eigenvalue weighted by atomic mass is 32.2. The first-order valence-electron chi connectivity index (χ1n) is 8.48. The summed E-state index contributed by atoms with van der Waals surface area (Å²) >= 11 is 0. The number of imidazole rings is 1. The van der Waals surface area contributed by atoms with Crippen molar-refractivity contribution < 1.29 is 13.2 Å². The van der Waals surface area contributed by atoms with Gasteiger partial charge in [0, 0.05) is 19.0 Å². The van der Waals surface area contributed by atoms with E-state index in [-0.39, 0.29) is 30.0 Å². The smallest absolute Gasteiger partial charge is 0.242 e. The Morgan fingerprint density at radius 3 is 2.76 bits per heavy atom. The molecular weight excluding hydrogens is 340 g/mol. The van der Waals surface area contributed by atoms with Crippen molar-refractivity contribution in [1.82, 2.24) is 14.5 Å². The Morgan fingerprint density at radius 1 is 1.36 bits per heavy atom. The molecule has 0 spiro atoms. The summed E-state index contributed by atoms with van der Waals surface area (Å²) in [6.45, 7) is 5.35. The third kappa shape index (κ3) is 4.01. The number of carbonyl (C=O) groups is 1. The molecule has 1 aliphatic rings. The Bertz CT molecular complexity index is 888. The quantitative estimate of drug-likeness (QED) is 0.864. The number of sulfonamides is 1. The maximum Gasteiger partial charge on any atom is 0.242 e. The lowest BCUT2D eigenvalue weighted by Crippen LogP contribution is -2.33. The van der Waals surface area contributed by atoms with Crippen LogP contribution >= 0.6 is 0 Å². The molecule has 1 atom stereocenters. The minimum absolute atomic E-state index is 0.0121. The number of rotatable bonds is 5. The lowest BCUT2D eigenvalue weighted by atomic mass is 10.2. The van der Waals surface area contributed by atoms with Crippen LogP contribution in [0.3, 0.4) is 0 Å². The van der Waals surface area contributed by atoms with Gasteiger partial charge in [-0.15, -0.1) is 0 Å². The second-order valence-electron chi connectivity index (χ2n) is 7.02. The number of benzene rings is 1. The number of aromatic nitrogens is 2. The van der Waals surface area contributed by atoms with Crippen LogP contribution in [0.2, 0.25) is 0 Å². The standard InChI is InChI=1S/C17H24N4O3S/c1-12(2)17-19-14-5-3-4-6-15(14)21(17)10-16(22)20-8-7-13(9-20)11-25(18,23)24/h3-6,12-13H,7-11H2,1-2H3,(H2,18,23,24)/t13-/m1/s1. The first kappa shape index (κ1) is 17.9. The second-order valence-corrected chi connectivity index (χ2v) is 8.68. The molecule has 1 amide bonds. The number of nitrogens with two attached hydrogens (primary N) is 1. The van der Waals surface area contributed by atoms with E-state index >= 15 is 0 Å². The van der Waals surface area contributed by atoms with Gasteiger partial charge >= 0.3 is 0 Å². The predicted octanol–water partition coefficient (Wildman–Crippen LogP) is 1.30. The molecular formula is C17H24N4O3S. The van der Waals surface area contributed by atoms with E-state index in [0.29, 0.717) is 19.5 Å². The number of primary sulfonamides is 1. The number of nitrogens with zero attached hydrogens (tertiary/aromatic N) is 3. The summed E-state index contributed by atoms with van der Waals surface area (Å²) < 4.78 is 24.5. The van der Waals surface area contributed by atoms with Crippen LogP contribution in [0.5, 0.6) is 0 Å². The van der Waals surface area contributed by atoms with Crippen molar-refractivity contribution in [3.8, 4) is 0 Å². The molecule has 1 aromatic carbocycles. The van der Waals surface area contributed by atoms with Crippen LogP contribution in [0.25, 0.3) is 11.0 Å². The van der Waals surface area contributed by atoms with Crippen LogP contribution in [0.15, 0.2) is 24.3 Å². The van der Waals surface area contributed by atoms with Crippen molar-refractivity contribution in [3.63, 3.8) is 0 Å². The number of amides is 1. The van der Waals surface area contributed by atoms with E-state index in [1.165, 1.54) is 0 Å². The van der Waals surface area contributed by atoms with Crippen molar-refractivity contribution in [2.45, 2.75) is 32.7 Å². The van der Waals surface area contributed by atoms with Gasteiger partial charge in [-0.05, 0) is 24.5 Å². The average Bonchev–Trinajstić information content (AvgIpc) is 3.11. The van der Waals surface area contributed by atoms with Crippen molar-refractivity contribution in [3.05, 3.63) is 30.1 Å². The predicted molar refractivity (Wildman–Crippen MR) is 96.5 cm³/mol. The van der Waals surface area contributed by atoms with Gasteiger partial charge in [-0.1, -0.05) is 26.0 Å². The molecule has 3 rings (SSSR count). The topological polar surface area (TPSA) is 98.3 Å². The fourth-order valence-electron chi connectivity index (χ4n) is 3.46. The zero-order valence-corrected chi connectivity index (χ0v) is 15.4. The normalized spacial score (nSPS) is 18.4. The zero-order valence-electron chi connectivity index (χ0n) is 14.6. The minimum Gasteiger partial charge on any atom is -0.341 e. The van der Waals surface area contributed by atoms with Gasteiger partial charge in [-0.3, -0.25) is 4.79 Å². The number of likely N-dealkylation sites (tertiary alicyclic amines) is 1. The Hall–Kier alpha value is -1.93. The minimum atomic E-state index is -3.51. The van der Waals surface area contributed by atoms with Crippen LogP contribution in [0, 0.1) is 5.92 Å². The van der Waals surface area contributed by atoms with Crippen molar-refractivity contribution in [2.75, 3.05) is 18.8 Å². The molecule has 1 fully saturated rings. The lowest BCUT2D eigenvalue weighted by molar-refractivity contribution is -0.130. The molecule has 0 bridgehead atoms. The molecule has 25 heavy (non-hydrogen) atoms. The van der Waals surface area contributed by atoms with Crippen LogP contribution in [-0.4, -0.2) is 47.6 Å². The van der Waals surface area contributed by atoms with E-state index in [4.69, 9.17) is 5.14 Å².